The number of carbonyl (C=O) groups is 1. The Kier molecular flexibility index (Phi) is 5.91. The molecular weight excluding hydrogens is 240 g/mol. The van der Waals surface area contributed by atoms with E-state index in [0.717, 1.165) is 25.7 Å². The van der Waals surface area contributed by atoms with E-state index in [1.807, 2.05) is 0 Å². The minimum absolute atomic E-state index is 0.151. The van der Waals surface area contributed by atoms with Crippen LogP contribution in [0.3, 0.4) is 0 Å². The normalized spacial score (nSPS) is 23.2. The maximum Gasteiger partial charge on any atom is 0.238 e. The Morgan fingerprint density at radius 2 is 2.00 bits per heavy atom. The van der Waals surface area contributed by atoms with Crippen molar-refractivity contribution >= 4 is 15.7 Å². The Hall–Kier alpha value is -0.620. The third-order valence-electron chi connectivity index (χ3n) is 3.05. The van der Waals surface area contributed by atoms with Crippen LogP contribution in [-0.2, 0) is 14.6 Å². The molecule has 5 nitrogen and oxygen atoms in total. The van der Waals surface area contributed by atoms with Crippen molar-refractivity contribution in [1.29, 1.82) is 0 Å². The zero-order valence-corrected chi connectivity index (χ0v) is 11.0. The van der Waals surface area contributed by atoms with Crippen LogP contribution in [0.25, 0.3) is 0 Å². The highest BCUT2D eigenvalue weighted by Crippen LogP contribution is 2.19. The van der Waals surface area contributed by atoms with Gasteiger partial charge in [0.15, 0.2) is 9.84 Å². The van der Waals surface area contributed by atoms with Gasteiger partial charge in [-0.25, -0.2) is 8.42 Å². The molecule has 0 bridgehead atoms. The standard InChI is InChI=1S/C11H22N2O3S/c12-7-3-1-4-8-13-11(14)10-6-2-5-9-17(10,15)16/h10H,1-9,12H2,(H,13,14). The predicted octanol–water partition coefficient (Wildman–Crippen LogP) is 0.199. The molecule has 0 aromatic rings. The molecule has 0 spiro atoms. The number of sulfone groups is 1. The summed E-state index contributed by atoms with van der Waals surface area (Å²) in [5, 5.41) is 1.89. The van der Waals surface area contributed by atoms with Crippen molar-refractivity contribution in [1.82, 2.24) is 5.32 Å². The molecule has 3 N–H and O–H groups in total. The van der Waals surface area contributed by atoms with Gasteiger partial charge in [-0.1, -0.05) is 12.8 Å². The number of unbranched alkanes of at least 4 members (excludes halogenated alkanes) is 2. The summed E-state index contributed by atoms with van der Waals surface area (Å²) < 4.78 is 23.4. The van der Waals surface area contributed by atoms with Crippen molar-refractivity contribution in [3.63, 3.8) is 0 Å². The second kappa shape index (κ2) is 6.96. The smallest absolute Gasteiger partial charge is 0.238 e. The van der Waals surface area contributed by atoms with Gasteiger partial charge in [0.1, 0.15) is 5.25 Å². The van der Waals surface area contributed by atoms with Crippen LogP contribution in [0.1, 0.15) is 38.5 Å². The van der Waals surface area contributed by atoms with Gasteiger partial charge in [-0.05, 0) is 32.2 Å². The SMILES string of the molecule is NCCCCCNC(=O)C1CCCCS1(=O)=O. The molecule has 1 amide bonds. The van der Waals surface area contributed by atoms with Crippen LogP contribution in [0.5, 0.6) is 0 Å². The number of hydrogen-bond donors (Lipinski definition) is 2. The van der Waals surface area contributed by atoms with Crippen LogP contribution in [0.4, 0.5) is 0 Å². The van der Waals surface area contributed by atoms with Gasteiger partial charge in [0.05, 0.1) is 5.75 Å². The summed E-state index contributed by atoms with van der Waals surface area (Å²) >= 11 is 0. The minimum Gasteiger partial charge on any atom is -0.355 e. The first-order valence-corrected chi connectivity index (χ1v) is 7.99. The van der Waals surface area contributed by atoms with E-state index in [0.29, 0.717) is 25.9 Å². The van der Waals surface area contributed by atoms with E-state index in [1.54, 1.807) is 0 Å². The average Bonchev–Trinajstić information content (AvgIpc) is 2.28. The minimum atomic E-state index is -3.20. The lowest BCUT2D eigenvalue weighted by atomic mass is 10.2. The highest BCUT2D eigenvalue weighted by molar-refractivity contribution is 7.92. The van der Waals surface area contributed by atoms with Gasteiger partial charge in [-0.2, -0.15) is 0 Å². The largest absolute Gasteiger partial charge is 0.355 e. The van der Waals surface area contributed by atoms with Gasteiger partial charge in [0, 0.05) is 6.54 Å². The predicted molar refractivity (Wildman–Crippen MR) is 67.3 cm³/mol. The zero-order valence-electron chi connectivity index (χ0n) is 10.2. The monoisotopic (exact) mass is 262 g/mol. The van der Waals surface area contributed by atoms with E-state index < -0.39 is 15.1 Å². The van der Waals surface area contributed by atoms with E-state index in [4.69, 9.17) is 5.73 Å². The molecule has 1 aliphatic rings. The van der Waals surface area contributed by atoms with E-state index >= 15 is 0 Å². The third-order valence-corrected chi connectivity index (χ3v) is 5.23. The summed E-state index contributed by atoms with van der Waals surface area (Å²) in [7, 11) is -3.20. The summed E-state index contributed by atoms with van der Waals surface area (Å²) in [6.45, 7) is 1.20. The van der Waals surface area contributed by atoms with Gasteiger partial charge < -0.3 is 11.1 Å². The van der Waals surface area contributed by atoms with E-state index in [-0.39, 0.29) is 11.7 Å². The molecule has 1 rings (SSSR count). The Bertz CT molecular complexity index is 341. The fraction of sp³-hybridized carbons (Fsp3) is 0.909. The van der Waals surface area contributed by atoms with Crippen LogP contribution in [0.15, 0.2) is 0 Å². The molecule has 0 radical (unpaired) electrons. The van der Waals surface area contributed by atoms with Crippen LogP contribution in [-0.4, -0.2) is 38.4 Å². The highest BCUT2D eigenvalue weighted by Gasteiger charge is 2.34. The van der Waals surface area contributed by atoms with Crippen molar-refractivity contribution < 1.29 is 13.2 Å². The summed E-state index contributed by atoms with van der Waals surface area (Å²) in [5.74, 6) is -0.171. The van der Waals surface area contributed by atoms with Gasteiger partial charge in [0.25, 0.3) is 0 Å². The molecule has 1 saturated heterocycles. The lowest BCUT2D eigenvalue weighted by Gasteiger charge is -2.21. The van der Waals surface area contributed by atoms with Gasteiger partial charge in [-0.3, -0.25) is 4.79 Å². The highest BCUT2D eigenvalue weighted by atomic mass is 32.2. The molecule has 1 fully saturated rings. The maximum atomic E-state index is 11.7. The second-order valence-electron chi connectivity index (χ2n) is 4.49. The number of rotatable bonds is 6. The van der Waals surface area contributed by atoms with Gasteiger partial charge >= 0.3 is 0 Å². The molecule has 1 unspecified atom stereocenters. The van der Waals surface area contributed by atoms with Crippen molar-refractivity contribution in [2.24, 2.45) is 5.73 Å². The molecule has 6 heteroatoms. The molecule has 1 aliphatic heterocycles. The second-order valence-corrected chi connectivity index (χ2v) is 6.79. The fourth-order valence-corrected chi connectivity index (χ4v) is 3.85. The molecular formula is C11H22N2O3S. The summed E-state index contributed by atoms with van der Waals surface area (Å²) in [6.07, 6.45) is 4.74. The van der Waals surface area contributed by atoms with Crippen LogP contribution in [0, 0.1) is 0 Å². The van der Waals surface area contributed by atoms with Crippen molar-refractivity contribution in [2.75, 3.05) is 18.8 Å². The first kappa shape index (κ1) is 14.4. The van der Waals surface area contributed by atoms with E-state index in [1.165, 1.54) is 0 Å². The molecule has 1 heterocycles. The lowest BCUT2D eigenvalue weighted by molar-refractivity contribution is -0.120. The molecule has 0 aromatic heterocycles. The van der Waals surface area contributed by atoms with Crippen LogP contribution < -0.4 is 11.1 Å². The Labute approximate surface area is 103 Å². The van der Waals surface area contributed by atoms with Crippen LogP contribution in [0.2, 0.25) is 0 Å². The summed E-state index contributed by atoms with van der Waals surface area (Å²) in [5.41, 5.74) is 5.36. The van der Waals surface area contributed by atoms with Crippen molar-refractivity contribution in [3.8, 4) is 0 Å². The number of nitrogens with two attached hydrogens (primary N) is 1. The first-order chi connectivity index (χ1) is 8.08. The number of amides is 1. The van der Waals surface area contributed by atoms with Crippen molar-refractivity contribution in [2.45, 2.75) is 43.8 Å². The Morgan fingerprint density at radius 1 is 1.24 bits per heavy atom. The van der Waals surface area contributed by atoms with Gasteiger partial charge in [0.2, 0.25) is 5.91 Å². The molecule has 1 atom stereocenters. The van der Waals surface area contributed by atoms with Gasteiger partial charge in [-0.15, -0.1) is 0 Å². The number of hydrogen-bond acceptors (Lipinski definition) is 4. The molecule has 0 aliphatic carbocycles. The lowest BCUT2D eigenvalue weighted by Crippen LogP contribution is -2.43. The van der Waals surface area contributed by atoms with Crippen molar-refractivity contribution in [3.05, 3.63) is 0 Å². The fourth-order valence-electron chi connectivity index (χ4n) is 2.02. The Balaban J connectivity index is 2.31. The maximum absolute atomic E-state index is 11.7. The first-order valence-electron chi connectivity index (χ1n) is 6.27. The summed E-state index contributed by atoms with van der Waals surface area (Å²) in [6, 6.07) is 0. The number of nitrogens with one attached hydrogen (secondary N) is 1. The summed E-state index contributed by atoms with van der Waals surface area (Å²) in [4.78, 5) is 11.7. The van der Waals surface area contributed by atoms with E-state index in [2.05, 4.69) is 5.32 Å². The molecule has 0 aromatic carbocycles. The Morgan fingerprint density at radius 3 is 2.65 bits per heavy atom. The molecule has 17 heavy (non-hydrogen) atoms. The third kappa shape index (κ3) is 4.63. The molecule has 0 saturated carbocycles. The molecule has 100 valence electrons. The number of carbonyl (C=O) groups excluding carboxylic acids is 1. The van der Waals surface area contributed by atoms with E-state index in [9.17, 15) is 13.2 Å². The zero-order chi connectivity index (χ0) is 12.7. The topological polar surface area (TPSA) is 89.3 Å². The van der Waals surface area contributed by atoms with Crippen LogP contribution >= 0.6 is 0 Å². The quantitative estimate of drug-likeness (QED) is 0.669. The average molecular weight is 262 g/mol.